The number of hydrogen-bond donors (Lipinski definition) is 1. The molecule has 0 saturated heterocycles. The highest BCUT2D eigenvalue weighted by molar-refractivity contribution is 8.16. The molecule has 2 atom stereocenters. The number of fused-ring (bicyclic) bond motifs is 2. The van der Waals surface area contributed by atoms with Crippen molar-refractivity contribution in [3.05, 3.63) is 93.2 Å². The largest absolute Gasteiger partial charge is 0.463 e. The summed E-state index contributed by atoms with van der Waals surface area (Å²) in [5, 5.41) is 6.03. The van der Waals surface area contributed by atoms with Gasteiger partial charge in [0.1, 0.15) is 0 Å². The predicted molar refractivity (Wildman–Crippen MR) is 143 cm³/mol. The van der Waals surface area contributed by atoms with Crippen LogP contribution in [0.3, 0.4) is 0 Å². The number of carbonyl (C=O) groups is 2. The first-order valence-corrected chi connectivity index (χ1v) is 13.4. The van der Waals surface area contributed by atoms with Crippen molar-refractivity contribution in [1.29, 1.82) is 0 Å². The number of amides is 1. The molecule has 5 rings (SSSR count). The van der Waals surface area contributed by atoms with E-state index in [2.05, 4.69) is 23.5 Å². The smallest absolute Gasteiger partial charge is 0.338 e. The van der Waals surface area contributed by atoms with Crippen LogP contribution in [0.4, 0.5) is 0 Å². The summed E-state index contributed by atoms with van der Waals surface area (Å²) in [7, 11) is 0. The number of thioether (sulfide) groups is 1. The maximum Gasteiger partial charge on any atom is 0.338 e. The second-order valence-corrected chi connectivity index (χ2v) is 10.2. The number of nitrogens with one attached hydrogen (secondary N) is 1. The van der Waals surface area contributed by atoms with Crippen LogP contribution < -0.4 is 5.32 Å². The summed E-state index contributed by atoms with van der Waals surface area (Å²) in [4.78, 5) is 33.2. The van der Waals surface area contributed by atoms with E-state index in [1.165, 1.54) is 22.9 Å². The number of allylic oxidation sites excluding steroid dienone is 1. The molecule has 0 saturated carbocycles. The van der Waals surface area contributed by atoms with Gasteiger partial charge in [-0.15, -0.1) is 0 Å². The Morgan fingerprint density at radius 3 is 2.64 bits per heavy atom. The molecule has 7 heteroatoms. The van der Waals surface area contributed by atoms with Crippen LogP contribution in [0.2, 0.25) is 0 Å². The second kappa shape index (κ2) is 10.3. The van der Waals surface area contributed by atoms with Crippen molar-refractivity contribution in [2.75, 3.05) is 6.61 Å². The van der Waals surface area contributed by atoms with E-state index < -0.39 is 6.04 Å². The summed E-state index contributed by atoms with van der Waals surface area (Å²) >= 11 is 1.49. The third-order valence-electron chi connectivity index (χ3n) is 7.03. The zero-order valence-electron chi connectivity index (χ0n) is 20.9. The lowest BCUT2D eigenvalue weighted by atomic mass is 9.87. The number of carbonyl (C=O) groups excluding carboxylic acids is 2. The minimum atomic E-state index is -0.401. The molecular weight excluding hydrogens is 470 g/mol. The summed E-state index contributed by atoms with van der Waals surface area (Å²) in [6, 6.07) is 16.0. The van der Waals surface area contributed by atoms with Gasteiger partial charge in [-0.1, -0.05) is 60.3 Å². The number of amidine groups is 1. The van der Waals surface area contributed by atoms with Gasteiger partial charge in [0.25, 0.3) is 0 Å². The Labute approximate surface area is 216 Å². The molecule has 2 aliphatic heterocycles. The molecule has 1 amide bonds. The monoisotopic (exact) mass is 501 g/mol. The van der Waals surface area contributed by atoms with Crippen LogP contribution in [-0.4, -0.2) is 28.6 Å². The number of ether oxygens (including phenoxy) is 1. The molecule has 0 fully saturated rings. The van der Waals surface area contributed by atoms with Crippen LogP contribution in [0.5, 0.6) is 0 Å². The lowest BCUT2D eigenvalue weighted by Gasteiger charge is -2.37. The zero-order chi connectivity index (χ0) is 25.2. The first-order chi connectivity index (χ1) is 17.5. The molecular formula is C29H31N3O3S. The van der Waals surface area contributed by atoms with Gasteiger partial charge in [-0.2, -0.15) is 0 Å². The summed E-state index contributed by atoms with van der Waals surface area (Å²) in [6.45, 7) is 5.99. The second-order valence-electron chi connectivity index (χ2n) is 9.36. The number of aliphatic imine (C=N–C) groups is 1. The van der Waals surface area contributed by atoms with Gasteiger partial charge in [0, 0.05) is 5.70 Å². The molecule has 0 aromatic heterocycles. The van der Waals surface area contributed by atoms with E-state index >= 15 is 0 Å². The zero-order valence-corrected chi connectivity index (χ0v) is 21.7. The van der Waals surface area contributed by atoms with Crippen molar-refractivity contribution >= 4 is 28.8 Å². The first-order valence-electron chi connectivity index (χ1n) is 12.5. The summed E-state index contributed by atoms with van der Waals surface area (Å²) in [6.07, 6.45) is 3.26. The van der Waals surface area contributed by atoms with E-state index in [0.29, 0.717) is 11.3 Å². The Morgan fingerprint density at radius 1 is 1.11 bits per heavy atom. The van der Waals surface area contributed by atoms with Crippen molar-refractivity contribution in [3.8, 4) is 0 Å². The molecule has 186 valence electrons. The lowest BCUT2D eigenvalue weighted by Crippen LogP contribution is -2.39. The predicted octanol–water partition coefficient (Wildman–Crippen LogP) is 5.72. The van der Waals surface area contributed by atoms with Gasteiger partial charge in [0.05, 0.1) is 36.4 Å². The first kappa shape index (κ1) is 24.4. The van der Waals surface area contributed by atoms with Crippen LogP contribution in [-0.2, 0) is 20.7 Å². The van der Waals surface area contributed by atoms with Gasteiger partial charge in [0.2, 0.25) is 5.91 Å². The third kappa shape index (κ3) is 4.60. The van der Waals surface area contributed by atoms with E-state index in [-0.39, 0.29) is 30.9 Å². The van der Waals surface area contributed by atoms with Gasteiger partial charge >= 0.3 is 5.97 Å². The molecule has 0 radical (unpaired) electrons. The molecule has 0 spiro atoms. The Hall–Kier alpha value is -3.32. The Bertz CT molecular complexity index is 1300. The van der Waals surface area contributed by atoms with Gasteiger partial charge in [0.15, 0.2) is 5.17 Å². The van der Waals surface area contributed by atoms with E-state index in [0.717, 1.165) is 41.3 Å². The van der Waals surface area contributed by atoms with Crippen molar-refractivity contribution in [2.24, 2.45) is 4.99 Å². The van der Waals surface area contributed by atoms with Gasteiger partial charge in [-0.25, -0.2) is 9.79 Å². The maximum atomic E-state index is 13.3. The SMILES string of the molecule is CCOC(=O)C1=C(C)N=C2SC=C(CC(=O)N[C@@H]3CCCc4ccccc43)N2[C@@H]1c1ccccc1C. The average Bonchev–Trinajstić information content (AvgIpc) is 3.25. The highest BCUT2D eigenvalue weighted by Gasteiger charge is 2.41. The van der Waals surface area contributed by atoms with Crippen molar-refractivity contribution in [2.45, 2.75) is 58.5 Å². The van der Waals surface area contributed by atoms with E-state index in [4.69, 9.17) is 9.73 Å². The normalized spacial score (nSPS) is 20.8. The molecule has 3 aliphatic rings. The van der Waals surface area contributed by atoms with E-state index in [1.54, 1.807) is 6.92 Å². The number of benzene rings is 2. The molecule has 2 aromatic carbocycles. The molecule has 2 heterocycles. The van der Waals surface area contributed by atoms with Crippen LogP contribution in [0.15, 0.2) is 75.9 Å². The fourth-order valence-corrected chi connectivity index (χ4v) is 6.31. The van der Waals surface area contributed by atoms with Gasteiger partial charge in [-0.3, -0.25) is 4.79 Å². The molecule has 2 aromatic rings. The average molecular weight is 502 g/mol. The topological polar surface area (TPSA) is 71.0 Å². The van der Waals surface area contributed by atoms with Crippen LogP contribution in [0.1, 0.15) is 67.4 Å². The summed E-state index contributed by atoms with van der Waals surface area (Å²) in [5.41, 5.74) is 6.61. The van der Waals surface area contributed by atoms with Crippen molar-refractivity contribution in [1.82, 2.24) is 10.2 Å². The molecule has 0 bridgehead atoms. The van der Waals surface area contributed by atoms with Crippen LogP contribution in [0.25, 0.3) is 0 Å². The van der Waals surface area contributed by atoms with Gasteiger partial charge in [-0.05, 0) is 67.7 Å². The fraction of sp³-hybridized carbons (Fsp3) is 0.345. The minimum Gasteiger partial charge on any atom is -0.463 e. The third-order valence-corrected chi connectivity index (χ3v) is 7.91. The van der Waals surface area contributed by atoms with Crippen molar-refractivity contribution in [3.63, 3.8) is 0 Å². The highest BCUT2D eigenvalue weighted by atomic mass is 32.2. The molecule has 1 N–H and O–H groups in total. The summed E-state index contributed by atoms with van der Waals surface area (Å²) in [5.74, 6) is -0.400. The Morgan fingerprint density at radius 2 is 1.86 bits per heavy atom. The van der Waals surface area contributed by atoms with E-state index in [1.807, 2.05) is 54.5 Å². The standard InChI is InChI=1S/C29H31N3O3S/c1-4-35-28(34)26-19(3)30-29-32(27(26)22-13-7-5-10-18(22)2)21(17-36-29)16-25(33)31-24-15-9-12-20-11-6-8-14-23(20)24/h5-8,10-11,13-14,17,24,27H,4,9,12,15-16H2,1-3H3,(H,31,33)/t24-,27-/m1/s1. The van der Waals surface area contributed by atoms with Gasteiger partial charge < -0.3 is 15.0 Å². The molecule has 36 heavy (non-hydrogen) atoms. The van der Waals surface area contributed by atoms with Crippen LogP contribution >= 0.6 is 11.8 Å². The maximum absolute atomic E-state index is 13.3. The van der Waals surface area contributed by atoms with Crippen LogP contribution in [0, 0.1) is 6.92 Å². The number of rotatable bonds is 6. The Balaban J connectivity index is 1.43. The molecule has 6 nitrogen and oxygen atoms in total. The number of aryl methyl sites for hydroxylation is 2. The number of nitrogens with zero attached hydrogens (tertiary/aromatic N) is 2. The fourth-order valence-electron chi connectivity index (χ4n) is 5.34. The molecule has 0 unspecified atom stereocenters. The van der Waals surface area contributed by atoms with Crippen molar-refractivity contribution < 1.29 is 14.3 Å². The highest BCUT2D eigenvalue weighted by Crippen LogP contribution is 2.45. The van der Waals surface area contributed by atoms with E-state index in [9.17, 15) is 9.59 Å². The number of esters is 1. The molecule has 1 aliphatic carbocycles. The quantitative estimate of drug-likeness (QED) is 0.513. The number of hydrogen-bond acceptors (Lipinski definition) is 6. The lowest BCUT2D eigenvalue weighted by molar-refractivity contribution is -0.139. The minimum absolute atomic E-state index is 0.0241. The summed E-state index contributed by atoms with van der Waals surface area (Å²) < 4.78 is 5.44. The Kier molecular flexibility index (Phi) is 7.01.